The Kier molecular flexibility index (Phi) is 4.89. The molecule has 6 nitrogen and oxygen atoms in total. The van der Waals surface area contributed by atoms with Crippen LogP contribution in [-0.2, 0) is 6.54 Å². The van der Waals surface area contributed by atoms with Gasteiger partial charge in [-0.3, -0.25) is 4.79 Å². The molecule has 3 N–H and O–H groups in total. The number of methoxy groups -OCH3 is 1. The van der Waals surface area contributed by atoms with Crippen LogP contribution in [0, 0.1) is 0 Å². The molecule has 3 aromatic rings. The van der Waals surface area contributed by atoms with Gasteiger partial charge in [-0.05, 0) is 24.3 Å². The number of ether oxygens (including phenoxy) is 1. The molecule has 0 fully saturated rings. The van der Waals surface area contributed by atoms with Crippen molar-refractivity contribution in [2.75, 3.05) is 12.8 Å². The first-order valence-corrected chi connectivity index (χ1v) is 7.76. The van der Waals surface area contributed by atoms with E-state index >= 15 is 0 Å². The maximum absolute atomic E-state index is 12.3. The molecule has 0 unspecified atom stereocenters. The van der Waals surface area contributed by atoms with Gasteiger partial charge in [-0.2, -0.15) is 0 Å². The number of carbonyl (C=O) groups excluding carboxylic acids is 1. The third kappa shape index (κ3) is 3.92. The molecule has 0 radical (unpaired) electrons. The quantitative estimate of drug-likeness (QED) is 0.748. The molecule has 0 aliphatic carbocycles. The number of aromatic nitrogens is 2. The van der Waals surface area contributed by atoms with Crippen LogP contribution in [0.15, 0.2) is 60.8 Å². The number of nitrogens with one attached hydrogen (secondary N) is 1. The van der Waals surface area contributed by atoms with Gasteiger partial charge in [-0.25, -0.2) is 9.97 Å². The molecule has 0 atom stereocenters. The lowest BCUT2D eigenvalue weighted by atomic mass is 10.1. The number of nitrogen functional groups attached to an aromatic ring is 1. The second-order valence-corrected chi connectivity index (χ2v) is 5.37. The Labute approximate surface area is 145 Å². The number of nitrogens with two attached hydrogens (primary N) is 1. The van der Waals surface area contributed by atoms with Crippen molar-refractivity contribution in [3.05, 3.63) is 71.9 Å². The molecule has 25 heavy (non-hydrogen) atoms. The van der Waals surface area contributed by atoms with Crippen LogP contribution in [0.5, 0.6) is 5.75 Å². The summed E-state index contributed by atoms with van der Waals surface area (Å²) in [6.07, 6.45) is 1.60. The molecule has 6 heteroatoms. The standard InChI is InChI=1S/C19H18N4O2/c1-25-17-5-3-2-4-15(17)12-22-18(24)14-8-6-13(7-9-14)16-10-11-21-19(20)23-16/h2-11H,12H2,1H3,(H,22,24)(H2,20,21,23). The molecular weight excluding hydrogens is 316 g/mol. The van der Waals surface area contributed by atoms with E-state index in [1.807, 2.05) is 36.4 Å². The summed E-state index contributed by atoms with van der Waals surface area (Å²) in [6.45, 7) is 0.396. The number of para-hydroxylation sites is 1. The van der Waals surface area contributed by atoms with Gasteiger partial charge in [0.05, 0.1) is 12.8 Å². The Hall–Kier alpha value is -3.41. The zero-order valence-corrected chi connectivity index (χ0v) is 13.8. The first-order valence-electron chi connectivity index (χ1n) is 7.76. The van der Waals surface area contributed by atoms with E-state index in [2.05, 4.69) is 15.3 Å². The second kappa shape index (κ2) is 7.44. The van der Waals surface area contributed by atoms with Crippen molar-refractivity contribution in [2.45, 2.75) is 6.54 Å². The van der Waals surface area contributed by atoms with Crippen molar-refractivity contribution >= 4 is 11.9 Å². The molecule has 1 amide bonds. The third-order valence-electron chi connectivity index (χ3n) is 3.75. The van der Waals surface area contributed by atoms with Crippen LogP contribution in [0.3, 0.4) is 0 Å². The van der Waals surface area contributed by atoms with E-state index in [9.17, 15) is 4.79 Å². The van der Waals surface area contributed by atoms with E-state index in [1.54, 1.807) is 31.5 Å². The van der Waals surface area contributed by atoms with Gasteiger partial charge in [0, 0.05) is 29.4 Å². The number of rotatable bonds is 5. The zero-order valence-electron chi connectivity index (χ0n) is 13.8. The van der Waals surface area contributed by atoms with Gasteiger partial charge in [0.1, 0.15) is 5.75 Å². The smallest absolute Gasteiger partial charge is 0.251 e. The summed E-state index contributed by atoms with van der Waals surface area (Å²) < 4.78 is 5.28. The molecule has 1 heterocycles. The minimum Gasteiger partial charge on any atom is -0.496 e. The fraction of sp³-hybridized carbons (Fsp3) is 0.105. The summed E-state index contributed by atoms with van der Waals surface area (Å²) >= 11 is 0. The summed E-state index contributed by atoms with van der Waals surface area (Å²) in [7, 11) is 1.61. The summed E-state index contributed by atoms with van der Waals surface area (Å²) in [5.74, 6) is 0.815. The average Bonchev–Trinajstić information content (AvgIpc) is 2.66. The molecule has 0 aliphatic heterocycles. The largest absolute Gasteiger partial charge is 0.496 e. The van der Waals surface area contributed by atoms with Crippen LogP contribution >= 0.6 is 0 Å². The van der Waals surface area contributed by atoms with Gasteiger partial charge in [0.15, 0.2) is 0 Å². The maximum Gasteiger partial charge on any atom is 0.251 e. The van der Waals surface area contributed by atoms with Crippen LogP contribution in [0.25, 0.3) is 11.3 Å². The van der Waals surface area contributed by atoms with Crippen molar-refractivity contribution in [1.82, 2.24) is 15.3 Å². The molecule has 0 bridgehead atoms. The van der Waals surface area contributed by atoms with Crippen molar-refractivity contribution in [3.8, 4) is 17.0 Å². The van der Waals surface area contributed by atoms with Gasteiger partial charge in [-0.1, -0.05) is 30.3 Å². The Balaban J connectivity index is 1.69. The minimum absolute atomic E-state index is 0.153. The normalized spacial score (nSPS) is 10.3. The molecule has 0 aliphatic rings. The number of benzene rings is 2. The molecular formula is C19H18N4O2. The molecule has 0 saturated heterocycles. The number of anilines is 1. The van der Waals surface area contributed by atoms with E-state index in [-0.39, 0.29) is 11.9 Å². The van der Waals surface area contributed by atoms with E-state index in [0.29, 0.717) is 17.8 Å². The summed E-state index contributed by atoms with van der Waals surface area (Å²) in [4.78, 5) is 20.4. The highest BCUT2D eigenvalue weighted by molar-refractivity contribution is 5.94. The lowest BCUT2D eigenvalue weighted by molar-refractivity contribution is 0.0950. The van der Waals surface area contributed by atoms with Gasteiger partial charge in [0.25, 0.3) is 5.91 Å². The number of carbonyl (C=O) groups is 1. The number of nitrogens with zero attached hydrogens (tertiary/aromatic N) is 2. The Morgan fingerprint density at radius 3 is 2.60 bits per heavy atom. The van der Waals surface area contributed by atoms with Crippen molar-refractivity contribution in [3.63, 3.8) is 0 Å². The fourth-order valence-corrected chi connectivity index (χ4v) is 2.45. The van der Waals surface area contributed by atoms with E-state index in [1.165, 1.54) is 0 Å². The first kappa shape index (κ1) is 16.4. The number of amides is 1. The number of hydrogen-bond acceptors (Lipinski definition) is 5. The SMILES string of the molecule is COc1ccccc1CNC(=O)c1ccc(-c2ccnc(N)n2)cc1. The van der Waals surface area contributed by atoms with Crippen molar-refractivity contribution in [2.24, 2.45) is 0 Å². The average molecular weight is 334 g/mol. The molecule has 2 aromatic carbocycles. The summed E-state index contributed by atoms with van der Waals surface area (Å²) in [5.41, 5.74) is 8.68. The second-order valence-electron chi connectivity index (χ2n) is 5.37. The van der Waals surface area contributed by atoms with Crippen LogP contribution < -0.4 is 15.8 Å². The minimum atomic E-state index is -0.153. The Morgan fingerprint density at radius 1 is 1.12 bits per heavy atom. The molecule has 3 rings (SSSR count). The summed E-state index contributed by atoms with van der Waals surface area (Å²) in [5, 5.41) is 2.89. The van der Waals surface area contributed by atoms with Gasteiger partial charge in [0.2, 0.25) is 5.95 Å². The highest BCUT2D eigenvalue weighted by Crippen LogP contribution is 2.19. The van der Waals surface area contributed by atoms with Gasteiger partial charge < -0.3 is 15.8 Å². The molecule has 126 valence electrons. The van der Waals surface area contributed by atoms with E-state index in [4.69, 9.17) is 10.5 Å². The zero-order chi connectivity index (χ0) is 17.6. The lowest BCUT2D eigenvalue weighted by Gasteiger charge is -2.10. The molecule has 1 aromatic heterocycles. The lowest BCUT2D eigenvalue weighted by Crippen LogP contribution is -2.22. The van der Waals surface area contributed by atoms with Crippen molar-refractivity contribution in [1.29, 1.82) is 0 Å². The van der Waals surface area contributed by atoms with Gasteiger partial charge in [-0.15, -0.1) is 0 Å². The summed E-state index contributed by atoms with van der Waals surface area (Å²) in [6, 6.07) is 16.5. The fourth-order valence-electron chi connectivity index (χ4n) is 2.45. The highest BCUT2D eigenvalue weighted by Gasteiger charge is 2.08. The predicted octanol–water partition coefficient (Wildman–Crippen LogP) is 2.66. The number of hydrogen-bond donors (Lipinski definition) is 2. The van der Waals surface area contributed by atoms with E-state index in [0.717, 1.165) is 16.9 Å². The van der Waals surface area contributed by atoms with Crippen LogP contribution in [-0.4, -0.2) is 23.0 Å². The topological polar surface area (TPSA) is 90.1 Å². The molecule has 0 spiro atoms. The van der Waals surface area contributed by atoms with Crippen LogP contribution in [0.1, 0.15) is 15.9 Å². The third-order valence-corrected chi connectivity index (χ3v) is 3.75. The maximum atomic E-state index is 12.3. The van der Waals surface area contributed by atoms with Crippen LogP contribution in [0.2, 0.25) is 0 Å². The molecule has 0 saturated carbocycles. The van der Waals surface area contributed by atoms with Gasteiger partial charge >= 0.3 is 0 Å². The Bertz CT molecular complexity index is 879. The predicted molar refractivity (Wildman–Crippen MR) is 96.0 cm³/mol. The monoisotopic (exact) mass is 334 g/mol. The Morgan fingerprint density at radius 2 is 1.88 bits per heavy atom. The highest BCUT2D eigenvalue weighted by atomic mass is 16.5. The van der Waals surface area contributed by atoms with Crippen molar-refractivity contribution < 1.29 is 9.53 Å². The van der Waals surface area contributed by atoms with E-state index < -0.39 is 0 Å². The van der Waals surface area contributed by atoms with Crippen LogP contribution in [0.4, 0.5) is 5.95 Å². The first-order chi connectivity index (χ1) is 12.2.